The number of thiophene rings is 1. The van der Waals surface area contributed by atoms with Crippen molar-refractivity contribution >= 4 is 17.3 Å². The molecule has 2 rings (SSSR count). The molecule has 3 nitrogen and oxygen atoms in total. The van der Waals surface area contributed by atoms with Crippen LogP contribution >= 0.6 is 11.3 Å². The molecule has 1 aromatic heterocycles. The van der Waals surface area contributed by atoms with Gasteiger partial charge in [-0.25, -0.2) is 4.79 Å². The molecular weight excluding hydrogens is 222 g/mol. The standard InChI is InChI=1S/C12H17NO2S/c1-8-7-13(2)5-4-10-9(8)6-11(16-10)12(14)15-3/h6,8H,4-5,7H2,1-3H3. The molecule has 0 amide bonds. The number of hydrogen-bond donors (Lipinski definition) is 0. The van der Waals surface area contributed by atoms with Gasteiger partial charge in [-0.15, -0.1) is 11.3 Å². The van der Waals surface area contributed by atoms with Crippen LogP contribution in [0.2, 0.25) is 0 Å². The molecule has 0 saturated carbocycles. The third-order valence-electron chi connectivity index (χ3n) is 3.07. The maximum Gasteiger partial charge on any atom is 0.348 e. The minimum absolute atomic E-state index is 0.210. The van der Waals surface area contributed by atoms with E-state index < -0.39 is 0 Å². The van der Waals surface area contributed by atoms with Gasteiger partial charge in [0.15, 0.2) is 0 Å². The minimum atomic E-state index is -0.210. The first-order chi connectivity index (χ1) is 7.61. The summed E-state index contributed by atoms with van der Waals surface area (Å²) in [5, 5.41) is 0. The number of carbonyl (C=O) groups excluding carboxylic acids is 1. The zero-order valence-corrected chi connectivity index (χ0v) is 10.8. The number of ether oxygens (including phenoxy) is 1. The Labute approximate surface area is 100 Å². The highest BCUT2D eigenvalue weighted by atomic mass is 32.1. The Morgan fingerprint density at radius 1 is 1.62 bits per heavy atom. The minimum Gasteiger partial charge on any atom is -0.465 e. The summed E-state index contributed by atoms with van der Waals surface area (Å²) in [6.07, 6.45) is 1.04. The molecule has 0 N–H and O–H groups in total. The lowest BCUT2D eigenvalue weighted by Gasteiger charge is -2.16. The van der Waals surface area contributed by atoms with Crippen molar-refractivity contribution in [3.8, 4) is 0 Å². The first-order valence-electron chi connectivity index (χ1n) is 5.51. The van der Waals surface area contributed by atoms with Gasteiger partial charge < -0.3 is 9.64 Å². The van der Waals surface area contributed by atoms with Gasteiger partial charge in [0, 0.05) is 18.0 Å². The van der Waals surface area contributed by atoms with Crippen molar-refractivity contribution in [2.45, 2.75) is 19.3 Å². The Morgan fingerprint density at radius 3 is 3.06 bits per heavy atom. The molecule has 0 spiro atoms. The second-order valence-corrected chi connectivity index (χ2v) is 5.53. The number of rotatable bonds is 1. The molecule has 0 fully saturated rings. The van der Waals surface area contributed by atoms with Crippen LogP contribution in [0.15, 0.2) is 6.07 Å². The van der Waals surface area contributed by atoms with Crippen LogP contribution in [0, 0.1) is 0 Å². The summed E-state index contributed by atoms with van der Waals surface area (Å²) in [4.78, 5) is 15.9. The molecule has 88 valence electrons. The normalized spacial score (nSPS) is 21.3. The second kappa shape index (κ2) is 4.55. The molecule has 0 saturated heterocycles. The molecular formula is C12H17NO2S. The van der Waals surface area contributed by atoms with Gasteiger partial charge in [-0.1, -0.05) is 6.92 Å². The fourth-order valence-corrected chi connectivity index (χ4v) is 3.40. The third kappa shape index (κ3) is 2.13. The van der Waals surface area contributed by atoms with Crippen LogP contribution in [0.5, 0.6) is 0 Å². The molecule has 16 heavy (non-hydrogen) atoms. The van der Waals surface area contributed by atoms with Gasteiger partial charge in [0.05, 0.1) is 7.11 Å². The number of esters is 1. The predicted octanol–water partition coefficient (Wildman–Crippen LogP) is 2.13. The van der Waals surface area contributed by atoms with E-state index >= 15 is 0 Å². The SMILES string of the molecule is COC(=O)c1cc2c(s1)CCN(C)CC2C. The smallest absolute Gasteiger partial charge is 0.348 e. The highest BCUT2D eigenvalue weighted by molar-refractivity contribution is 7.14. The van der Waals surface area contributed by atoms with Gasteiger partial charge in [-0.3, -0.25) is 0 Å². The van der Waals surface area contributed by atoms with E-state index in [0.717, 1.165) is 24.4 Å². The summed E-state index contributed by atoms with van der Waals surface area (Å²) in [7, 11) is 3.58. The molecule has 1 aromatic rings. The first kappa shape index (κ1) is 11.6. The summed E-state index contributed by atoms with van der Waals surface area (Å²) < 4.78 is 4.76. The number of carbonyl (C=O) groups is 1. The first-order valence-corrected chi connectivity index (χ1v) is 6.33. The summed E-state index contributed by atoms with van der Waals surface area (Å²) in [5.41, 5.74) is 1.33. The van der Waals surface area contributed by atoms with E-state index in [1.54, 1.807) is 11.3 Å². The Balaban J connectivity index is 2.31. The van der Waals surface area contributed by atoms with Gasteiger partial charge in [-0.05, 0) is 31.0 Å². The third-order valence-corrected chi connectivity index (χ3v) is 4.26. The van der Waals surface area contributed by atoms with Crippen molar-refractivity contribution in [2.75, 3.05) is 27.2 Å². The fourth-order valence-electron chi connectivity index (χ4n) is 2.21. The van der Waals surface area contributed by atoms with E-state index in [2.05, 4.69) is 18.9 Å². The Bertz CT molecular complexity index is 400. The van der Waals surface area contributed by atoms with E-state index in [9.17, 15) is 4.79 Å². The lowest BCUT2D eigenvalue weighted by atomic mass is 10.0. The zero-order valence-electron chi connectivity index (χ0n) is 9.95. The number of nitrogens with zero attached hydrogens (tertiary/aromatic N) is 1. The molecule has 0 bridgehead atoms. The summed E-state index contributed by atoms with van der Waals surface area (Å²) in [5.74, 6) is 0.288. The van der Waals surface area contributed by atoms with Crippen molar-refractivity contribution in [3.63, 3.8) is 0 Å². The number of methoxy groups -OCH3 is 1. The van der Waals surface area contributed by atoms with Crippen molar-refractivity contribution in [3.05, 3.63) is 21.4 Å². The van der Waals surface area contributed by atoms with Crippen LogP contribution in [0.1, 0.15) is 33.0 Å². The molecule has 4 heteroatoms. The molecule has 0 radical (unpaired) electrons. The van der Waals surface area contributed by atoms with Crippen LogP contribution in [-0.4, -0.2) is 38.1 Å². The topological polar surface area (TPSA) is 29.5 Å². The van der Waals surface area contributed by atoms with Crippen molar-refractivity contribution in [1.82, 2.24) is 4.90 Å². The monoisotopic (exact) mass is 239 g/mol. The lowest BCUT2D eigenvalue weighted by Crippen LogP contribution is -2.22. The molecule has 1 atom stereocenters. The quantitative estimate of drug-likeness (QED) is 0.703. The Kier molecular flexibility index (Phi) is 3.30. The fraction of sp³-hybridized carbons (Fsp3) is 0.583. The number of hydrogen-bond acceptors (Lipinski definition) is 4. The van der Waals surface area contributed by atoms with Gasteiger partial charge in [0.25, 0.3) is 0 Å². The summed E-state index contributed by atoms with van der Waals surface area (Å²) >= 11 is 1.59. The Hall–Kier alpha value is -0.870. The largest absolute Gasteiger partial charge is 0.465 e. The lowest BCUT2D eigenvalue weighted by molar-refractivity contribution is 0.0606. The van der Waals surface area contributed by atoms with Crippen LogP contribution in [-0.2, 0) is 11.2 Å². The highest BCUT2D eigenvalue weighted by Crippen LogP contribution is 2.32. The van der Waals surface area contributed by atoms with Crippen LogP contribution in [0.3, 0.4) is 0 Å². The molecule has 1 aliphatic rings. The molecule has 0 aromatic carbocycles. The van der Waals surface area contributed by atoms with Crippen molar-refractivity contribution in [2.24, 2.45) is 0 Å². The van der Waals surface area contributed by atoms with E-state index in [0.29, 0.717) is 5.92 Å². The average molecular weight is 239 g/mol. The van der Waals surface area contributed by atoms with Gasteiger partial charge in [0.1, 0.15) is 4.88 Å². The van der Waals surface area contributed by atoms with Crippen molar-refractivity contribution < 1.29 is 9.53 Å². The molecule has 2 heterocycles. The van der Waals surface area contributed by atoms with Gasteiger partial charge in [0.2, 0.25) is 0 Å². The van der Waals surface area contributed by atoms with E-state index in [1.807, 2.05) is 6.07 Å². The van der Waals surface area contributed by atoms with Crippen molar-refractivity contribution in [1.29, 1.82) is 0 Å². The number of likely N-dealkylation sites (N-methyl/N-ethyl adjacent to an activating group) is 1. The molecule has 0 aliphatic carbocycles. The van der Waals surface area contributed by atoms with Gasteiger partial charge in [-0.2, -0.15) is 0 Å². The van der Waals surface area contributed by atoms with E-state index in [4.69, 9.17) is 4.74 Å². The number of fused-ring (bicyclic) bond motifs is 1. The average Bonchev–Trinajstić information content (AvgIpc) is 2.64. The van der Waals surface area contributed by atoms with Crippen LogP contribution in [0.4, 0.5) is 0 Å². The van der Waals surface area contributed by atoms with Gasteiger partial charge >= 0.3 is 5.97 Å². The van der Waals surface area contributed by atoms with E-state index in [1.165, 1.54) is 17.6 Å². The highest BCUT2D eigenvalue weighted by Gasteiger charge is 2.22. The molecule has 1 aliphatic heterocycles. The second-order valence-electron chi connectivity index (χ2n) is 4.39. The summed E-state index contributed by atoms with van der Waals surface area (Å²) in [6, 6.07) is 2.01. The molecule has 1 unspecified atom stereocenters. The van der Waals surface area contributed by atoms with Crippen LogP contribution < -0.4 is 0 Å². The predicted molar refractivity (Wildman–Crippen MR) is 65.3 cm³/mol. The Morgan fingerprint density at radius 2 is 2.38 bits per heavy atom. The summed E-state index contributed by atoms with van der Waals surface area (Å²) in [6.45, 7) is 4.34. The maximum atomic E-state index is 11.5. The zero-order chi connectivity index (χ0) is 11.7. The maximum absolute atomic E-state index is 11.5. The van der Waals surface area contributed by atoms with Crippen LogP contribution in [0.25, 0.3) is 0 Å². The van der Waals surface area contributed by atoms with E-state index in [-0.39, 0.29) is 5.97 Å².